The third kappa shape index (κ3) is 3.83. The van der Waals surface area contributed by atoms with Crippen molar-refractivity contribution in [1.82, 2.24) is 0 Å². The summed E-state index contributed by atoms with van der Waals surface area (Å²) in [5, 5.41) is 10.9. The second-order valence-corrected chi connectivity index (χ2v) is 4.84. The van der Waals surface area contributed by atoms with Gasteiger partial charge in [-0.15, -0.1) is 0 Å². The largest absolute Gasteiger partial charge is 0.486 e. The molecule has 1 aromatic rings. The second-order valence-electron chi connectivity index (χ2n) is 4.52. The van der Waals surface area contributed by atoms with Gasteiger partial charge in [0.15, 0.2) is 5.75 Å². The lowest BCUT2D eigenvalue weighted by molar-refractivity contribution is -0.386. The van der Waals surface area contributed by atoms with Crippen LogP contribution in [-0.4, -0.2) is 17.3 Å². The Labute approximate surface area is 117 Å². The molecule has 0 saturated heterocycles. The van der Waals surface area contributed by atoms with E-state index in [-0.39, 0.29) is 23.5 Å². The number of rotatable bonds is 7. The monoisotopic (exact) mass is 287 g/mol. The maximum atomic E-state index is 13.2. The van der Waals surface area contributed by atoms with E-state index in [1.165, 1.54) is 0 Å². The molecule has 0 aromatic heterocycles. The predicted molar refractivity (Wildman–Crippen MR) is 75.4 cm³/mol. The van der Waals surface area contributed by atoms with E-state index in [1.54, 1.807) is 0 Å². The maximum Gasteiger partial charge on any atom is 0.311 e. The first-order chi connectivity index (χ1) is 8.98. The summed E-state index contributed by atoms with van der Waals surface area (Å²) in [6.07, 6.45) is 1.69. The van der Waals surface area contributed by atoms with E-state index in [1.807, 2.05) is 13.8 Å². The quantitative estimate of drug-likeness (QED) is 0.471. The van der Waals surface area contributed by atoms with E-state index in [9.17, 15) is 14.5 Å². The summed E-state index contributed by atoms with van der Waals surface area (Å²) < 4.78 is 18.6. The number of benzene rings is 1. The Morgan fingerprint density at radius 1 is 1.42 bits per heavy atom. The molecule has 106 valence electrons. The molecule has 4 nitrogen and oxygen atoms in total. The van der Waals surface area contributed by atoms with Gasteiger partial charge >= 0.3 is 5.69 Å². The van der Waals surface area contributed by atoms with E-state index in [0.717, 1.165) is 31.0 Å². The van der Waals surface area contributed by atoms with Crippen LogP contribution in [-0.2, 0) is 0 Å². The maximum absolute atomic E-state index is 13.2. The highest BCUT2D eigenvalue weighted by Crippen LogP contribution is 2.32. The highest BCUT2D eigenvalue weighted by Gasteiger charge is 2.27. The summed E-state index contributed by atoms with van der Waals surface area (Å²) in [4.78, 5) is 10.3. The van der Waals surface area contributed by atoms with Crippen LogP contribution in [0.15, 0.2) is 18.2 Å². The van der Waals surface area contributed by atoms with Gasteiger partial charge in [0.25, 0.3) is 0 Å². The highest BCUT2D eigenvalue weighted by atomic mass is 32.1. The van der Waals surface area contributed by atoms with Crippen molar-refractivity contribution in [1.29, 1.82) is 0 Å². The highest BCUT2D eigenvalue weighted by molar-refractivity contribution is 7.80. The molecule has 0 spiro atoms. The standard InChI is InChI=1S/C13H18FNO3S/c1-3-13(4-2,9-19)8-18-12-7-10(14)5-6-11(12)15(16)17/h5-7,19H,3-4,8-9H2,1-2H3. The number of nitro benzene ring substituents is 1. The van der Waals surface area contributed by atoms with Gasteiger partial charge in [0, 0.05) is 17.5 Å². The molecule has 19 heavy (non-hydrogen) atoms. The SMILES string of the molecule is CCC(CC)(CS)COc1cc(F)ccc1[N+](=O)[O-]. The van der Waals surface area contributed by atoms with Crippen molar-refractivity contribution < 1.29 is 14.1 Å². The normalized spacial score (nSPS) is 11.4. The molecule has 0 aliphatic heterocycles. The molecule has 1 rings (SSSR count). The van der Waals surface area contributed by atoms with E-state index >= 15 is 0 Å². The fourth-order valence-corrected chi connectivity index (χ4v) is 2.25. The lowest BCUT2D eigenvalue weighted by Crippen LogP contribution is -2.29. The van der Waals surface area contributed by atoms with Crippen molar-refractivity contribution in [3.63, 3.8) is 0 Å². The van der Waals surface area contributed by atoms with Gasteiger partial charge in [-0.3, -0.25) is 10.1 Å². The first-order valence-corrected chi connectivity index (χ1v) is 6.79. The van der Waals surface area contributed by atoms with Gasteiger partial charge in [0.05, 0.1) is 11.5 Å². The van der Waals surface area contributed by atoms with Crippen molar-refractivity contribution in [2.24, 2.45) is 5.41 Å². The smallest absolute Gasteiger partial charge is 0.311 e. The number of ether oxygens (including phenoxy) is 1. The Hall–Kier alpha value is -1.30. The first kappa shape index (κ1) is 15.8. The van der Waals surface area contributed by atoms with Crippen LogP contribution in [0, 0.1) is 21.3 Å². The minimum Gasteiger partial charge on any atom is -0.486 e. The molecule has 0 saturated carbocycles. The van der Waals surface area contributed by atoms with E-state index in [0.29, 0.717) is 5.75 Å². The van der Waals surface area contributed by atoms with Crippen molar-refractivity contribution in [3.05, 3.63) is 34.1 Å². The fourth-order valence-electron chi connectivity index (χ4n) is 1.71. The molecule has 0 atom stereocenters. The molecule has 0 bridgehead atoms. The number of nitro groups is 1. The minimum absolute atomic E-state index is 0.0296. The van der Waals surface area contributed by atoms with Gasteiger partial charge in [-0.05, 0) is 24.7 Å². The molecule has 6 heteroatoms. The zero-order chi connectivity index (χ0) is 14.5. The zero-order valence-corrected chi connectivity index (χ0v) is 12.0. The van der Waals surface area contributed by atoms with Gasteiger partial charge in [0.2, 0.25) is 0 Å². The number of nitrogens with zero attached hydrogens (tertiary/aromatic N) is 1. The summed E-state index contributed by atoms with van der Waals surface area (Å²) in [5.74, 6) is 0.0338. The summed E-state index contributed by atoms with van der Waals surface area (Å²) in [5.41, 5.74) is -0.370. The topological polar surface area (TPSA) is 52.4 Å². The summed E-state index contributed by atoms with van der Waals surface area (Å²) in [6, 6.07) is 3.22. The van der Waals surface area contributed by atoms with E-state index < -0.39 is 10.7 Å². The van der Waals surface area contributed by atoms with Gasteiger partial charge in [-0.25, -0.2) is 4.39 Å². The van der Waals surface area contributed by atoms with Crippen LogP contribution >= 0.6 is 12.6 Å². The second kappa shape index (κ2) is 6.75. The summed E-state index contributed by atoms with van der Waals surface area (Å²) in [7, 11) is 0. The molecular formula is C13H18FNO3S. The van der Waals surface area contributed by atoms with Crippen LogP contribution in [0.2, 0.25) is 0 Å². The average molecular weight is 287 g/mol. The third-order valence-corrected chi connectivity index (χ3v) is 4.16. The van der Waals surface area contributed by atoms with Crippen LogP contribution in [0.4, 0.5) is 10.1 Å². The van der Waals surface area contributed by atoms with Crippen LogP contribution in [0.1, 0.15) is 26.7 Å². The molecule has 0 aliphatic carbocycles. The molecule has 0 unspecified atom stereocenters. The van der Waals surface area contributed by atoms with Crippen LogP contribution in [0.25, 0.3) is 0 Å². The van der Waals surface area contributed by atoms with Crippen molar-refractivity contribution in [2.45, 2.75) is 26.7 Å². The summed E-state index contributed by atoms with van der Waals surface area (Å²) in [6.45, 7) is 4.32. The Balaban J connectivity index is 2.93. The van der Waals surface area contributed by atoms with Gasteiger partial charge < -0.3 is 4.74 Å². The number of hydrogen-bond acceptors (Lipinski definition) is 4. The van der Waals surface area contributed by atoms with Crippen molar-refractivity contribution in [2.75, 3.05) is 12.4 Å². The van der Waals surface area contributed by atoms with Gasteiger partial charge in [-0.2, -0.15) is 12.6 Å². The van der Waals surface area contributed by atoms with E-state index in [4.69, 9.17) is 4.74 Å². The Morgan fingerprint density at radius 3 is 2.53 bits per heavy atom. The molecule has 0 heterocycles. The Kier molecular flexibility index (Phi) is 5.60. The van der Waals surface area contributed by atoms with E-state index in [2.05, 4.69) is 12.6 Å². The zero-order valence-electron chi connectivity index (χ0n) is 11.1. The molecule has 0 radical (unpaired) electrons. The van der Waals surface area contributed by atoms with Crippen LogP contribution in [0.3, 0.4) is 0 Å². The van der Waals surface area contributed by atoms with Gasteiger partial charge in [-0.1, -0.05) is 13.8 Å². The predicted octanol–water partition coefficient (Wildman–Crippen LogP) is 3.85. The Morgan fingerprint density at radius 2 is 2.05 bits per heavy atom. The molecule has 1 aromatic carbocycles. The number of halogens is 1. The molecule has 0 amide bonds. The molecule has 0 aliphatic rings. The van der Waals surface area contributed by atoms with Crippen molar-refractivity contribution >= 4 is 18.3 Å². The number of thiol groups is 1. The number of hydrogen-bond donors (Lipinski definition) is 1. The fraction of sp³-hybridized carbons (Fsp3) is 0.538. The summed E-state index contributed by atoms with van der Waals surface area (Å²) >= 11 is 4.31. The Bertz CT molecular complexity index is 441. The lowest BCUT2D eigenvalue weighted by Gasteiger charge is -2.29. The van der Waals surface area contributed by atoms with Crippen LogP contribution in [0.5, 0.6) is 5.75 Å². The molecule has 0 fully saturated rings. The molecule has 0 N–H and O–H groups in total. The molecular weight excluding hydrogens is 269 g/mol. The lowest BCUT2D eigenvalue weighted by atomic mass is 9.85. The van der Waals surface area contributed by atoms with Crippen LogP contribution < -0.4 is 4.74 Å². The minimum atomic E-state index is -0.574. The van der Waals surface area contributed by atoms with Gasteiger partial charge in [0.1, 0.15) is 5.82 Å². The average Bonchev–Trinajstić information content (AvgIpc) is 2.40. The third-order valence-electron chi connectivity index (χ3n) is 3.49. The van der Waals surface area contributed by atoms with Crippen molar-refractivity contribution in [3.8, 4) is 5.75 Å². The first-order valence-electron chi connectivity index (χ1n) is 6.15.